The molecule has 0 saturated heterocycles. The second-order valence-electron chi connectivity index (χ2n) is 4.24. The maximum absolute atomic E-state index is 5.88. The number of hydrogen-bond donors (Lipinski definition) is 1. The van der Waals surface area contributed by atoms with Crippen LogP contribution in [0, 0.1) is 0 Å². The third-order valence-corrected chi connectivity index (χ3v) is 3.36. The van der Waals surface area contributed by atoms with Gasteiger partial charge < -0.3 is 15.2 Å². The Balaban J connectivity index is 2.24. The molecule has 0 radical (unpaired) electrons. The van der Waals surface area contributed by atoms with Gasteiger partial charge in [0.25, 0.3) is 0 Å². The van der Waals surface area contributed by atoms with E-state index >= 15 is 0 Å². The molecule has 1 aromatic rings. The van der Waals surface area contributed by atoms with Gasteiger partial charge in [-0.1, -0.05) is 12.1 Å². The van der Waals surface area contributed by atoms with E-state index in [9.17, 15) is 0 Å². The van der Waals surface area contributed by atoms with Crippen molar-refractivity contribution in [1.29, 1.82) is 0 Å². The van der Waals surface area contributed by atoms with Crippen molar-refractivity contribution < 1.29 is 9.47 Å². The van der Waals surface area contributed by atoms with E-state index in [0.717, 1.165) is 25.4 Å². The first-order chi connectivity index (χ1) is 8.31. The Morgan fingerprint density at radius 3 is 2.88 bits per heavy atom. The predicted molar refractivity (Wildman–Crippen MR) is 67.1 cm³/mol. The minimum Gasteiger partial charge on any atom is -0.496 e. The highest BCUT2D eigenvalue weighted by Crippen LogP contribution is 2.37. The van der Waals surface area contributed by atoms with Gasteiger partial charge in [0.15, 0.2) is 0 Å². The van der Waals surface area contributed by atoms with Gasteiger partial charge in [-0.3, -0.25) is 4.90 Å². The topological polar surface area (TPSA) is 47.7 Å². The highest BCUT2D eigenvalue weighted by Gasteiger charge is 2.30. The molecule has 2 rings (SSSR count). The van der Waals surface area contributed by atoms with Crippen molar-refractivity contribution in [2.24, 2.45) is 5.73 Å². The molecule has 1 unspecified atom stereocenters. The second-order valence-corrected chi connectivity index (χ2v) is 4.24. The molecule has 0 aliphatic carbocycles. The van der Waals surface area contributed by atoms with Crippen LogP contribution in [0.15, 0.2) is 18.2 Å². The first-order valence-corrected chi connectivity index (χ1v) is 5.90. The molecule has 1 atom stereocenters. The van der Waals surface area contributed by atoms with E-state index in [4.69, 9.17) is 15.2 Å². The van der Waals surface area contributed by atoms with Gasteiger partial charge in [0, 0.05) is 38.3 Å². The van der Waals surface area contributed by atoms with Crippen LogP contribution in [0.1, 0.15) is 17.2 Å². The second kappa shape index (κ2) is 5.49. The molecular weight excluding hydrogens is 216 g/mol. The van der Waals surface area contributed by atoms with E-state index < -0.39 is 0 Å². The monoisotopic (exact) mass is 236 g/mol. The van der Waals surface area contributed by atoms with E-state index in [-0.39, 0.29) is 6.04 Å². The largest absolute Gasteiger partial charge is 0.496 e. The summed E-state index contributed by atoms with van der Waals surface area (Å²) in [7, 11) is 3.44. The van der Waals surface area contributed by atoms with E-state index in [0.29, 0.717) is 6.54 Å². The number of nitrogens with zero attached hydrogens (tertiary/aromatic N) is 1. The summed E-state index contributed by atoms with van der Waals surface area (Å²) in [4.78, 5) is 2.34. The van der Waals surface area contributed by atoms with Crippen molar-refractivity contribution in [3.63, 3.8) is 0 Å². The number of nitrogens with two attached hydrogens (primary N) is 1. The van der Waals surface area contributed by atoms with E-state index in [2.05, 4.69) is 11.0 Å². The van der Waals surface area contributed by atoms with Crippen molar-refractivity contribution >= 4 is 0 Å². The Bertz CT molecular complexity index is 382. The van der Waals surface area contributed by atoms with E-state index in [1.807, 2.05) is 12.1 Å². The number of fused-ring (bicyclic) bond motifs is 1. The number of rotatable bonds is 5. The third-order valence-electron chi connectivity index (χ3n) is 3.36. The van der Waals surface area contributed by atoms with Gasteiger partial charge in [-0.05, 0) is 11.6 Å². The number of ether oxygens (including phenoxy) is 2. The molecule has 4 nitrogen and oxygen atoms in total. The van der Waals surface area contributed by atoms with Crippen molar-refractivity contribution in [2.45, 2.75) is 12.6 Å². The van der Waals surface area contributed by atoms with Gasteiger partial charge in [0.1, 0.15) is 5.75 Å². The van der Waals surface area contributed by atoms with Crippen LogP contribution in [0.3, 0.4) is 0 Å². The Hall–Kier alpha value is -1.10. The van der Waals surface area contributed by atoms with Crippen LogP contribution in [-0.4, -0.2) is 38.8 Å². The minimum atomic E-state index is 0.287. The molecule has 1 aliphatic heterocycles. The summed E-state index contributed by atoms with van der Waals surface area (Å²) in [6.45, 7) is 3.15. The molecule has 94 valence electrons. The van der Waals surface area contributed by atoms with E-state index in [1.54, 1.807) is 14.2 Å². The fourth-order valence-corrected chi connectivity index (χ4v) is 2.48. The summed E-state index contributed by atoms with van der Waals surface area (Å²) in [5.74, 6) is 0.959. The van der Waals surface area contributed by atoms with Crippen LogP contribution >= 0.6 is 0 Å². The summed E-state index contributed by atoms with van der Waals surface area (Å²) in [6, 6.07) is 6.46. The summed E-state index contributed by atoms with van der Waals surface area (Å²) in [5, 5.41) is 0. The van der Waals surface area contributed by atoms with E-state index in [1.165, 1.54) is 11.1 Å². The molecule has 1 aliphatic rings. The van der Waals surface area contributed by atoms with Crippen LogP contribution < -0.4 is 10.5 Å². The first kappa shape index (κ1) is 12.4. The van der Waals surface area contributed by atoms with Crippen LogP contribution in [0.25, 0.3) is 0 Å². The Morgan fingerprint density at radius 1 is 1.41 bits per heavy atom. The van der Waals surface area contributed by atoms with Crippen LogP contribution in [-0.2, 0) is 11.3 Å². The zero-order valence-electron chi connectivity index (χ0n) is 10.5. The van der Waals surface area contributed by atoms with Gasteiger partial charge in [-0.25, -0.2) is 0 Å². The van der Waals surface area contributed by atoms with Gasteiger partial charge in [0.05, 0.1) is 13.7 Å². The molecule has 0 amide bonds. The zero-order chi connectivity index (χ0) is 12.3. The van der Waals surface area contributed by atoms with Crippen LogP contribution in [0.5, 0.6) is 5.75 Å². The molecule has 0 bridgehead atoms. The van der Waals surface area contributed by atoms with Gasteiger partial charge in [-0.15, -0.1) is 0 Å². The number of methoxy groups -OCH3 is 2. The van der Waals surface area contributed by atoms with Crippen molar-refractivity contribution in [1.82, 2.24) is 4.90 Å². The molecule has 1 aromatic carbocycles. The normalized spacial score (nSPS) is 19.4. The fraction of sp³-hybridized carbons (Fsp3) is 0.538. The lowest BCUT2D eigenvalue weighted by atomic mass is 10.0. The zero-order valence-corrected chi connectivity index (χ0v) is 10.5. The third kappa shape index (κ3) is 2.29. The van der Waals surface area contributed by atoms with Crippen LogP contribution in [0.4, 0.5) is 0 Å². The molecular formula is C13H20N2O2. The Morgan fingerprint density at radius 2 is 2.24 bits per heavy atom. The van der Waals surface area contributed by atoms with Crippen LogP contribution in [0.2, 0.25) is 0 Å². The maximum atomic E-state index is 5.88. The summed E-state index contributed by atoms with van der Waals surface area (Å²) >= 11 is 0. The first-order valence-electron chi connectivity index (χ1n) is 5.90. The molecule has 0 saturated carbocycles. The molecule has 0 fully saturated rings. The lowest BCUT2D eigenvalue weighted by molar-refractivity contribution is 0.127. The predicted octanol–water partition coefficient (Wildman–Crippen LogP) is 1.16. The summed E-state index contributed by atoms with van der Waals surface area (Å²) in [5.41, 5.74) is 8.44. The smallest absolute Gasteiger partial charge is 0.123 e. The van der Waals surface area contributed by atoms with Gasteiger partial charge in [-0.2, -0.15) is 0 Å². The quantitative estimate of drug-likeness (QED) is 0.833. The molecule has 17 heavy (non-hydrogen) atoms. The lowest BCUT2D eigenvalue weighted by Gasteiger charge is -2.23. The molecule has 4 heteroatoms. The summed E-state index contributed by atoms with van der Waals surface area (Å²) in [6.07, 6.45) is 0. The molecule has 0 aromatic heterocycles. The molecule has 0 spiro atoms. The Kier molecular flexibility index (Phi) is 3.99. The van der Waals surface area contributed by atoms with Crippen molar-refractivity contribution in [3.8, 4) is 5.75 Å². The minimum absolute atomic E-state index is 0.287. The average Bonchev–Trinajstić information content (AvgIpc) is 2.73. The standard InChI is InChI=1S/C13H20N2O2/c1-16-7-6-15-9-11-10(12(15)8-14)4-3-5-13(11)17-2/h3-5,12H,6-9,14H2,1-2H3. The maximum Gasteiger partial charge on any atom is 0.123 e. The lowest BCUT2D eigenvalue weighted by Crippen LogP contribution is -2.30. The Labute approximate surface area is 102 Å². The van der Waals surface area contributed by atoms with Gasteiger partial charge >= 0.3 is 0 Å². The highest BCUT2D eigenvalue weighted by molar-refractivity contribution is 5.44. The van der Waals surface area contributed by atoms with Crippen molar-refractivity contribution in [2.75, 3.05) is 33.9 Å². The molecule has 2 N–H and O–H groups in total. The SMILES string of the molecule is COCCN1Cc2c(OC)cccc2C1CN. The number of benzene rings is 1. The van der Waals surface area contributed by atoms with Gasteiger partial charge in [0.2, 0.25) is 0 Å². The average molecular weight is 236 g/mol. The molecule has 1 heterocycles. The fourth-order valence-electron chi connectivity index (χ4n) is 2.48. The van der Waals surface area contributed by atoms with Crippen molar-refractivity contribution in [3.05, 3.63) is 29.3 Å². The highest BCUT2D eigenvalue weighted by atomic mass is 16.5. The summed E-state index contributed by atoms with van der Waals surface area (Å²) < 4.78 is 10.5. The number of hydrogen-bond acceptors (Lipinski definition) is 4.